The molecule has 0 atom stereocenters. The van der Waals surface area contributed by atoms with Crippen LogP contribution in [0.2, 0.25) is 0 Å². The van der Waals surface area contributed by atoms with Gasteiger partial charge in [0.15, 0.2) is 0 Å². The van der Waals surface area contributed by atoms with E-state index in [0.717, 1.165) is 35.8 Å². The number of aromatic nitrogens is 2. The lowest BCUT2D eigenvalue weighted by Gasteiger charge is -2.11. The van der Waals surface area contributed by atoms with E-state index in [1.165, 1.54) is 0 Å². The van der Waals surface area contributed by atoms with Crippen LogP contribution in [0.25, 0.3) is 0 Å². The van der Waals surface area contributed by atoms with Gasteiger partial charge in [-0.05, 0) is 64.7 Å². The molecule has 0 saturated carbocycles. The molecule has 0 saturated heterocycles. The zero-order chi connectivity index (χ0) is 20.2. The van der Waals surface area contributed by atoms with Crippen LogP contribution < -0.4 is 15.8 Å². The SMILES string of the molecule is CC.Cc1cc(C)nc(/N=C(/N)Nc2ccc(OCCCN(C)C)cc2)n1. The molecule has 148 valence electrons. The summed E-state index contributed by atoms with van der Waals surface area (Å²) in [6.45, 7) is 9.49. The normalized spacial score (nSPS) is 11.0. The van der Waals surface area contributed by atoms with Crippen molar-refractivity contribution in [2.45, 2.75) is 34.1 Å². The molecular weight excluding hydrogens is 340 g/mol. The Morgan fingerprint density at radius 3 is 2.26 bits per heavy atom. The summed E-state index contributed by atoms with van der Waals surface area (Å²) in [7, 11) is 4.10. The van der Waals surface area contributed by atoms with Gasteiger partial charge < -0.3 is 20.7 Å². The van der Waals surface area contributed by atoms with Crippen LogP contribution in [0.5, 0.6) is 5.75 Å². The Labute approximate surface area is 162 Å². The Bertz CT molecular complexity index is 693. The first kappa shape index (κ1) is 22.4. The average Bonchev–Trinajstić information content (AvgIpc) is 2.60. The predicted octanol–water partition coefficient (Wildman–Crippen LogP) is 3.51. The zero-order valence-electron chi connectivity index (χ0n) is 17.3. The molecule has 1 aromatic heterocycles. The van der Waals surface area contributed by atoms with E-state index in [9.17, 15) is 0 Å². The Kier molecular flexibility index (Phi) is 9.82. The quantitative estimate of drug-likeness (QED) is 0.439. The molecule has 0 spiro atoms. The highest BCUT2D eigenvalue weighted by Crippen LogP contribution is 2.16. The first-order valence-corrected chi connectivity index (χ1v) is 9.23. The van der Waals surface area contributed by atoms with Crippen LogP contribution in [-0.4, -0.2) is 48.1 Å². The number of hydrogen-bond acceptors (Lipinski definition) is 5. The maximum absolute atomic E-state index is 5.93. The second-order valence-corrected chi connectivity index (χ2v) is 6.10. The first-order valence-electron chi connectivity index (χ1n) is 9.23. The molecular formula is C20H32N6O. The van der Waals surface area contributed by atoms with Gasteiger partial charge in [-0.2, -0.15) is 4.99 Å². The highest BCUT2D eigenvalue weighted by molar-refractivity contribution is 5.93. The van der Waals surface area contributed by atoms with E-state index in [1.54, 1.807) is 0 Å². The van der Waals surface area contributed by atoms with Gasteiger partial charge in [0.1, 0.15) is 5.75 Å². The maximum atomic E-state index is 5.93. The number of nitrogens with one attached hydrogen (secondary N) is 1. The number of guanidine groups is 1. The van der Waals surface area contributed by atoms with Crippen LogP contribution in [0.1, 0.15) is 31.7 Å². The van der Waals surface area contributed by atoms with Crippen molar-refractivity contribution in [1.29, 1.82) is 0 Å². The summed E-state index contributed by atoms with van der Waals surface area (Å²) < 4.78 is 5.70. The number of aliphatic imine (C=N–C) groups is 1. The molecule has 3 N–H and O–H groups in total. The number of benzene rings is 1. The molecule has 0 aliphatic carbocycles. The molecule has 0 aliphatic heterocycles. The third-order valence-electron chi connectivity index (χ3n) is 3.34. The van der Waals surface area contributed by atoms with Crippen molar-refractivity contribution in [2.75, 3.05) is 32.6 Å². The minimum atomic E-state index is 0.240. The third-order valence-corrected chi connectivity index (χ3v) is 3.34. The van der Waals surface area contributed by atoms with Gasteiger partial charge in [0, 0.05) is 23.6 Å². The second-order valence-electron chi connectivity index (χ2n) is 6.10. The molecule has 0 unspecified atom stereocenters. The van der Waals surface area contributed by atoms with E-state index in [2.05, 4.69) is 39.3 Å². The van der Waals surface area contributed by atoms with Crippen LogP contribution in [0, 0.1) is 13.8 Å². The largest absolute Gasteiger partial charge is 0.494 e. The number of hydrogen-bond donors (Lipinski definition) is 2. The van der Waals surface area contributed by atoms with Crippen molar-refractivity contribution in [3.63, 3.8) is 0 Å². The van der Waals surface area contributed by atoms with E-state index < -0.39 is 0 Å². The lowest BCUT2D eigenvalue weighted by molar-refractivity contribution is 0.281. The summed E-state index contributed by atoms with van der Waals surface area (Å²) in [5.41, 5.74) is 8.46. The van der Waals surface area contributed by atoms with Gasteiger partial charge in [0.25, 0.3) is 5.95 Å². The van der Waals surface area contributed by atoms with Crippen LogP contribution in [0.3, 0.4) is 0 Å². The fourth-order valence-corrected chi connectivity index (χ4v) is 2.25. The number of rotatable bonds is 7. The van der Waals surface area contributed by atoms with Crippen molar-refractivity contribution in [3.8, 4) is 5.75 Å². The van der Waals surface area contributed by atoms with Gasteiger partial charge in [-0.25, -0.2) is 9.97 Å². The molecule has 0 aliphatic rings. The van der Waals surface area contributed by atoms with Crippen molar-refractivity contribution < 1.29 is 4.74 Å². The molecule has 0 fully saturated rings. The minimum Gasteiger partial charge on any atom is -0.494 e. The molecule has 7 heteroatoms. The molecule has 2 rings (SSSR count). The third kappa shape index (κ3) is 9.01. The molecule has 0 radical (unpaired) electrons. The number of nitrogens with two attached hydrogens (primary N) is 1. The summed E-state index contributed by atoms with van der Waals surface area (Å²) >= 11 is 0. The first-order chi connectivity index (χ1) is 12.9. The second kappa shape index (κ2) is 11.9. The highest BCUT2D eigenvalue weighted by Gasteiger charge is 2.01. The van der Waals surface area contributed by atoms with Crippen molar-refractivity contribution in [1.82, 2.24) is 14.9 Å². The van der Waals surface area contributed by atoms with Gasteiger partial charge in [0.05, 0.1) is 6.61 Å². The molecule has 7 nitrogen and oxygen atoms in total. The van der Waals surface area contributed by atoms with Crippen molar-refractivity contribution in [2.24, 2.45) is 10.7 Å². The number of anilines is 1. The molecule has 0 bridgehead atoms. The fourth-order valence-electron chi connectivity index (χ4n) is 2.25. The summed E-state index contributed by atoms with van der Waals surface area (Å²) in [5, 5.41) is 3.02. The maximum Gasteiger partial charge on any atom is 0.253 e. The van der Waals surface area contributed by atoms with E-state index >= 15 is 0 Å². The topological polar surface area (TPSA) is 88.7 Å². The molecule has 27 heavy (non-hydrogen) atoms. The smallest absolute Gasteiger partial charge is 0.253 e. The van der Waals surface area contributed by atoms with E-state index in [-0.39, 0.29) is 5.96 Å². The van der Waals surface area contributed by atoms with E-state index in [1.807, 2.05) is 58.0 Å². The summed E-state index contributed by atoms with van der Waals surface area (Å²) in [6.07, 6.45) is 0.989. The van der Waals surface area contributed by atoms with Crippen LogP contribution in [0.4, 0.5) is 11.6 Å². The van der Waals surface area contributed by atoms with Crippen LogP contribution in [-0.2, 0) is 0 Å². The fraction of sp³-hybridized carbons (Fsp3) is 0.450. The predicted molar refractivity (Wildman–Crippen MR) is 113 cm³/mol. The number of aryl methyl sites for hydroxylation is 2. The van der Waals surface area contributed by atoms with Gasteiger partial charge in [-0.3, -0.25) is 0 Å². The summed E-state index contributed by atoms with van der Waals surface area (Å²) in [5.74, 6) is 1.42. The molecule has 0 amide bonds. The molecule has 2 aromatic rings. The molecule has 1 heterocycles. The Hall–Kier alpha value is -2.67. The lowest BCUT2D eigenvalue weighted by atomic mass is 10.3. The van der Waals surface area contributed by atoms with E-state index in [0.29, 0.717) is 12.6 Å². The molecule has 1 aromatic carbocycles. The summed E-state index contributed by atoms with van der Waals surface area (Å²) in [4.78, 5) is 14.8. The standard InChI is InChI=1S/C18H26N6O.C2H6/c1-13-12-14(2)21-18(20-13)23-17(19)22-15-6-8-16(9-7-15)25-11-5-10-24(3)4;1-2/h6-9,12H,5,10-11H2,1-4H3,(H3,19,20,21,22,23);1-2H3. The zero-order valence-corrected chi connectivity index (χ0v) is 17.3. The van der Waals surface area contributed by atoms with Gasteiger partial charge in [0.2, 0.25) is 5.96 Å². The highest BCUT2D eigenvalue weighted by atomic mass is 16.5. The summed E-state index contributed by atoms with van der Waals surface area (Å²) in [6, 6.07) is 9.48. The lowest BCUT2D eigenvalue weighted by Crippen LogP contribution is -2.22. The minimum absolute atomic E-state index is 0.240. The Morgan fingerprint density at radius 2 is 1.70 bits per heavy atom. The number of ether oxygens (including phenoxy) is 1. The van der Waals surface area contributed by atoms with Gasteiger partial charge >= 0.3 is 0 Å². The van der Waals surface area contributed by atoms with Gasteiger partial charge in [-0.1, -0.05) is 13.8 Å². The average molecular weight is 373 g/mol. The van der Waals surface area contributed by atoms with Crippen molar-refractivity contribution in [3.05, 3.63) is 41.7 Å². The van der Waals surface area contributed by atoms with Crippen molar-refractivity contribution >= 4 is 17.6 Å². The van der Waals surface area contributed by atoms with Gasteiger partial charge in [-0.15, -0.1) is 0 Å². The Balaban J connectivity index is 0.00000176. The van der Waals surface area contributed by atoms with Crippen LogP contribution >= 0.6 is 0 Å². The monoisotopic (exact) mass is 372 g/mol. The van der Waals surface area contributed by atoms with E-state index in [4.69, 9.17) is 10.5 Å². The number of nitrogens with zero attached hydrogens (tertiary/aromatic N) is 4. The Morgan fingerprint density at radius 1 is 1.11 bits per heavy atom. The van der Waals surface area contributed by atoms with Crippen LogP contribution in [0.15, 0.2) is 35.3 Å².